The maximum Gasteiger partial charge on any atom is 0.198 e. The summed E-state index contributed by atoms with van der Waals surface area (Å²) in [5, 5.41) is 0. The third-order valence-corrected chi connectivity index (χ3v) is 2.30. The summed E-state index contributed by atoms with van der Waals surface area (Å²) in [4.78, 5) is 0. The molecule has 0 aromatic carbocycles. The molecule has 0 bridgehead atoms. The molecule has 15 heavy (non-hydrogen) atoms. The van der Waals surface area contributed by atoms with Gasteiger partial charge in [0.1, 0.15) is 0 Å². The third-order valence-electron chi connectivity index (χ3n) is 1.34. The summed E-state index contributed by atoms with van der Waals surface area (Å²) in [5.41, 5.74) is -0.899. The Morgan fingerprint density at radius 3 is 1.27 bits per heavy atom. The molecule has 0 aromatic rings. The molecule has 0 aliphatic heterocycles. The van der Waals surface area contributed by atoms with E-state index >= 15 is 0 Å². The Morgan fingerprint density at radius 2 is 1.07 bits per heavy atom. The SMILES string of the molecule is CC(C)(C)OCS(=O)(=O)COC(C)(C)C. The number of hydrogen-bond acceptors (Lipinski definition) is 4. The van der Waals surface area contributed by atoms with E-state index in [4.69, 9.17) is 9.47 Å². The molecular formula is C10H22O4S. The van der Waals surface area contributed by atoms with Gasteiger partial charge in [-0.15, -0.1) is 0 Å². The molecule has 0 saturated carbocycles. The molecule has 0 fully saturated rings. The lowest BCUT2D eigenvalue weighted by molar-refractivity contribution is 0.0121. The predicted octanol–water partition coefficient (Wildman–Crippen LogP) is 1.95. The molecule has 0 N–H and O–H groups in total. The van der Waals surface area contributed by atoms with Gasteiger partial charge in [0, 0.05) is 0 Å². The Bertz CT molecular complexity index is 256. The Balaban J connectivity index is 4.11. The van der Waals surface area contributed by atoms with Crippen molar-refractivity contribution in [2.75, 3.05) is 11.9 Å². The smallest absolute Gasteiger partial charge is 0.198 e. The van der Waals surface area contributed by atoms with Crippen molar-refractivity contribution in [1.82, 2.24) is 0 Å². The highest BCUT2D eigenvalue weighted by molar-refractivity contribution is 7.91. The van der Waals surface area contributed by atoms with Gasteiger partial charge in [-0.1, -0.05) is 0 Å². The van der Waals surface area contributed by atoms with E-state index in [-0.39, 0.29) is 11.9 Å². The second-order valence-corrected chi connectivity index (χ2v) is 7.45. The van der Waals surface area contributed by atoms with Gasteiger partial charge in [-0.2, -0.15) is 0 Å². The molecule has 5 heteroatoms. The van der Waals surface area contributed by atoms with Crippen molar-refractivity contribution in [1.29, 1.82) is 0 Å². The first kappa shape index (κ1) is 14.9. The molecule has 0 saturated heterocycles. The average Bonchev–Trinajstić information content (AvgIpc) is 1.96. The average molecular weight is 238 g/mol. The van der Waals surface area contributed by atoms with Crippen molar-refractivity contribution in [3.63, 3.8) is 0 Å². The number of rotatable bonds is 4. The van der Waals surface area contributed by atoms with Gasteiger partial charge in [-0.05, 0) is 41.5 Å². The minimum absolute atomic E-state index is 0.299. The third kappa shape index (κ3) is 10.2. The lowest BCUT2D eigenvalue weighted by atomic mass is 10.2. The summed E-state index contributed by atoms with van der Waals surface area (Å²) in [6.45, 7) is 10.9. The lowest BCUT2D eigenvalue weighted by Gasteiger charge is -2.22. The molecule has 0 aliphatic rings. The van der Waals surface area contributed by atoms with Crippen LogP contribution in [0.2, 0.25) is 0 Å². The van der Waals surface area contributed by atoms with Crippen molar-refractivity contribution in [2.45, 2.75) is 52.7 Å². The molecule has 0 amide bonds. The van der Waals surface area contributed by atoms with E-state index in [1.165, 1.54) is 0 Å². The van der Waals surface area contributed by atoms with Crippen molar-refractivity contribution >= 4 is 9.84 Å². The van der Waals surface area contributed by atoms with Gasteiger partial charge in [0.15, 0.2) is 21.7 Å². The van der Waals surface area contributed by atoms with E-state index in [0.717, 1.165) is 0 Å². The van der Waals surface area contributed by atoms with Crippen LogP contribution in [0.1, 0.15) is 41.5 Å². The second-order valence-electron chi connectivity index (χ2n) is 5.49. The molecule has 0 unspecified atom stereocenters. The molecule has 92 valence electrons. The van der Waals surface area contributed by atoms with Crippen LogP contribution >= 0.6 is 0 Å². The van der Waals surface area contributed by atoms with Gasteiger partial charge in [0.25, 0.3) is 0 Å². The monoisotopic (exact) mass is 238 g/mol. The quantitative estimate of drug-likeness (QED) is 0.751. The van der Waals surface area contributed by atoms with Crippen LogP contribution in [0.15, 0.2) is 0 Å². The first-order valence-electron chi connectivity index (χ1n) is 4.90. The highest BCUT2D eigenvalue weighted by atomic mass is 32.2. The molecule has 4 nitrogen and oxygen atoms in total. The minimum Gasteiger partial charge on any atom is -0.360 e. The summed E-state index contributed by atoms with van der Waals surface area (Å²) in [6, 6.07) is 0. The Morgan fingerprint density at radius 1 is 0.800 bits per heavy atom. The molecule has 0 rings (SSSR count). The fourth-order valence-electron chi connectivity index (χ4n) is 0.567. The van der Waals surface area contributed by atoms with E-state index in [2.05, 4.69) is 0 Å². The summed E-state index contributed by atoms with van der Waals surface area (Å²) < 4.78 is 33.3. The summed E-state index contributed by atoms with van der Waals surface area (Å²) in [6.07, 6.45) is 0. The number of sulfone groups is 1. The van der Waals surface area contributed by atoms with Crippen LogP contribution in [0.5, 0.6) is 0 Å². The topological polar surface area (TPSA) is 52.6 Å². The molecule has 0 radical (unpaired) electrons. The van der Waals surface area contributed by atoms with E-state index in [1.807, 2.05) is 41.5 Å². The Labute approximate surface area is 92.9 Å². The molecule has 0 aliphatic carbocycles. The van der Waals surface area contributed by atoms with Crippen LogP contribution < -0.4 is 0 Å². The zero-order valence-corrected chi connectivity index (χ0v) is 11.3. The molecule has 0 heterocycles. The predicted molar refractivity (Wildman–Crippen MR) is 60.3 cm³/mol. The van der Waals surface area contributed by atoms with Crippen molar-refractivity contribution in [2.24, 2.45) is 0 Å². The van der Waals surface area contributed by atoms with E-state index < -0.39 is 21.0 Å². The number of hydrogen-bond donors (Lipinski definition) is 0. The van der Waals surface area contributed by atoms with E-state index in [0.29, 0.717) is 0 Å². The minimum atomic E-state index is -3.29. The van der Waals surface area contributed by atoms with Gasteiger partial charge in [-0.3, -0.25) is 0 Å². The standard InChI is InChI=1S/C10H22O4S/c1-9(2,3)13-7-15(11,12)8-14-10(4,5)6/h7-8H2,1-6H3. The van der Waals surface area contributed by atoms with Crippen LogP contribution in [0, 0.1) is 0 Å². The summed E-state index contributed by atoms with van der Waals surface area (Å²) >= 11 is 0. The van der Waals surface area contributed by atoms with Crippen LogP contribution in [0.3, 0.4) is 0 Å². The van der Waals surface area contributed by atoms with Crippen LogP contribution in [-0.4, -0.2) is 31.5 Å². The Hall–Kier alpha value is -0.130. The highest BCUT2D eigenvalue weighted by Gasteiger charge is 2.20. The van der Waals surface area contributed by atoms with Crippen molar-refractivity contribution in [3.05, 3.63) is 0 Å². The van der Waals surface area contributed by atoms with Crippen LogP contribution in [0.4, 0.5) is 0 Å². The fraction of sp³-hybridized carbons (Fsp3) is 1.00. The molecule has 0 spiro atoms. The maximum absolute atomic E-state index is 11.5. The van der Waals surface area contributed by atoms with Gasteiger partial charge < -0.3 is 9.47 Å². The fourth-order valence-corrected chi connectivity index (χ4v) is 1.70. The summed E-state index contributed by atoms with van der Waals surface area (Å²) in [7, 11) is -3.29. The first-order chi connectivity index (χ1) is 6.41. The van der Waals surface area contributed by atoms with E-state index in [9.17, 15) is 8.42 Å². The summed E-state index contributed by atoms with van der Waals surface area (Å²) in [5.74, 6) is -0.598. The lowest BCUT2D eigenvalue weighted by Crippen LogP contribution is -2.29. The van der Waals surface area contributed by atoms with Crippen molar-refractivity contribution in [3.8, 4) is 0 Å². The van der Waals surface area contributed by atoms with E-state index in [1.54, 1.807) is 0 Å². The zero-order valence-electron chi connectivity index (χ0n) is 10.5. The number of ether oxygens (including phenoxy) is 2. The normalized spacial score (nSPS) is 14.3. The Kier molecular flexibility index (Phi) is 4.76. The van der Waals surface area contributed by atoms with Crippen LogP contribution in [0.25, 0.3) is 0 Å². The van der Waals surface area contributed by atoms with Crippen molar-refractivity contribution < 1.29 is 17.9 Å². The van der Waals surface area contributed by atoms with Crippen LogP contribution in [-0.2, 0) is 19.3 Å². The maximum atomic E-state index is 11.5. The largest absolute Gasteiger partial charge is 0.360 e. The molecule has 0 atom stereocenters. The molecule has 0 aromatic heterocycles. The highest BCUT2D eigenvalue weighted by Crippen LogP contribution is 2.11. The molecular weight excluding hydrogens is 216 g/mol. The second kappa shape index (κ2) is 4.80. The zero-order chi connectivity index (χ0) is 12.3. The first-order valence-corrected chi connectivity index (χ1v) is 6.72. The van der Waals surface area contributed by atoms with Gasteiger partial charge in [0.05, 0.1) is 11.2 Å². The van der Waals surface area contributed by atoms with Gasteiger partial charge >= 0.3 is 0 Å². The van der Waals surface area contributed by atoms with Gasteiger partial charge in [0.2, 0.25) is 0 Å². The van der Waals surface area contributed by atoms with Gasteiger partial charge in [-0.25, -0.2) is 8.42 Å².